The molecule has 7 nitrogen and oxygen atoms in total. The summed E-state index contributed by atoms with van der Waals surface area (Å²) in [6.07, 6.45) is 4.50. The van der Waals surface area contributed by atoms with Crippen LogP contribution in [0, 0.1) is 11.8 Å². The zero-order valence-corrected chi connectivity index (χ0v) is 23.2. The molecule has 3 aromatic carbocycles. The lowest BCUT2D eigenvalue weighted by Gasteiger charge is -2.26. The molecular weight excluding hydrogens is 516 g/mol. The van der Waals surface area contributed by atoms with E-state index in [1.165, 1.54) is 0 Å². The summed E-state index contributed by atoms with van der Waals surface area (Å²) in [6.45, 7) is 0.483. The zero-order chi connectivity index (χ0) is 28.9. The summed E-state index contributed by atoms with van der Waals surface area (Å²) in [5.41, 5.74) is 2.79. The largest absolute Gasteiger partial charge is 0.455 e. The summed E-state index contributed by atoms with van der Waals surface area (Å²) in [5.74, 6) is -1.77. The number of aliphatic hydroxyl groups excluding tert-OH is 1. The molecule has 0 unspecified atom stereocenters. The molecule has 3 aromatic rings. The minimum absolute atomic E-state index is 0.00619. The number of nitrogens with zero attached hydrogens (tertiary/aromatic N) is 1. The van der Waals surface area contributed by atoms with Gasteiger partial charge in [0, 0.05) is 19.5 Å². The molecule has 1 aliphatic heterocycles. The second-order valence-corrected chi connectivity index (χ2v) is 10.3. The highest BCUT2D eigenvalue weighted by Crippen LogP contribution is 2.24. The van der Waals surface area contributed by atoms with Crippen molar-refractivity contribution in [3.05, 3.63) is 120 Å². The number of amides is 2. The molecule has 3 atom stereocenters. The third kappa shape index (κ3) is 9.15. The third-order valence-corrected chi connectivity index (χ3v) is 7.29. The number of esters is 1. The number of carbonyl (C=O) groups excluding carboxylic acids is 3. The molecule has 41 heavy (non-hydrogen) atoms. The highest BCUT2D eigenvalue weighted by molar-refractivity contribution is 5.86. The third-order valence-electron chi connectivity index (χ3n) is 7.29. The van der Waals surface area contributed by atoms with E-state index in [4.69, 9.17) is 4.74 Å². The molecule has 2 N–H and O–H groups in total. The molecule has 0 bridgehead atoms. The second kappa shape index (κ2) is 15.5. The van der Waals surface area contributed by atoms with Crippen LogP contribution in [0.4, 0.5) is 0 Å². The fraction of sp³-hybridized carbons (Fsp3) is 0.324. The van der Waals surface area contributed by atoms with Gasteiger partial charge in [0.2, 0.25) is 11.8 Å². The van der Waals surface area contributed by atoms with Crippen molar-refractivity contribution < 1.29 is 24.2 Å². The first-order valence-corrected chi connectivity index (χ1v) is 14.2. The second-order valence-electron chi connectivity index (χ2n) is 10.3. The Bertz CT molecular complexity index is 1280. The van der Waals surface area contributed by atoms with Gasteiger partial charge in [0.05, 0.1) is 25.0 Å². The van der Waals surface area contributed by atoms with Gasteiger partial charge in [-0.1, -0.05) is 103 Å². The summed E-state index contributed by atoms with van der Waals surface area (Å²) < 4.78 is 6.00. The van der Waals surface area contributed by atoms with E-state index in [0.29, 0.717) is 25.8 Å². The molecule has 0 spiro atoms. The fourth-order valence-corrected chi connectivity index (χ4v) is 4.99. The Morgan fingerprint density at radius 2 is 1.41 bits per heavy atom. The summed E-state index contributed by atoms with van der Waals surface area (Å²) in [7, 11) is 0. The predicted molar refractivity (Wildman–Crippen MR) is 157 cm³/mol. The Morgan fingerprint density at radius 3 is 2.05 bits per heavy atom. The summed E-state index contributed by atoms with van der Waals surface area (Å²) in [5, 5.41) is 12.5. The van der Waals surface area contributed by atoms with Gasteiger partial charge in [0.25, 0.3) is 0 Å². The minimum atomic E-state index is -0.658. The number of carbonyl (C=O) groups is 3. The van der Waals surface area contributed by atoms with Crippen LogP contribution in [0.3, 0.4) is 0 Å². The molecule has 0 fully saturated rings. The predicted octanol–water partition coefficient (Wildman–Crippen LogP) is 4.62. The molecule has 2 amide bonds. The van der Waals surface area contributed by atoms with Crippen LogP contribution in [0.1, 0.15) is 42.1 Å². The Kier molecular flexibility index (Phi) is 11.3. The number of hydrogen-bond donors (Lipinski definition) is 2. The van der Waals surface area contributed by atoms with Crippen molar-refractivity contribution in [2.45, 2.75) is 38.3 Å². The van der Waals surface area contributed by atoms with Crippen molar-refractivity contribution in [1.29, 1.82) is 0 Å². The monoisotopic (exact) mass is 554 g/mol. The molecule has 0 radical (unpaired) electrons. The number of rotatable bonds is 9. The van der Waals surface area contributed by atoms with Crippen molar-refractivity contribution in [3.8, 4) is 0 Å². The van der Waals surface area contributed by atoms with Gasteiger partial charge in [0.15, 0.2) is 0 Å². The fourth-order valence-electron chi connectivity index (χ4n) is 4.99. The van der Waals surface area contributed by atoms with Crippen LogP contribution in [0.2, 0.25) is 0 Å². The van der Waals surface area contributed by atoms with Crippen molar-refractivity contribution in [3.63, 3.8) is 0 Å². The number of allylic oxidation sites excluding steroid dienone is 2. The SMILES string of the molecule is O=C1NC[C@H](c2ccccc2)OC(=O)[C@@H](Cc2ccccc2)CC=CC[C@@H]1CC(=O)N(CCO)Cc1ccccc1. The number of ether oxygens (including phenoxy) is 1. The van der Waals surface area contributed by atoms with E-state index in [-0.39, 0.29) is 49.8 Å². The number of benzene rings is 3. The maximum Gasteiger partial charge on any atom is 0.310 e. The smallest absolute Gasteiger partial charge is 0.310 e. The van der Waals surface area contributed by atoms with Crippen LogP contribution < -0.4 is 5.32 Å². The van der Waals surface area contributed by atoms with E-state index in [1.54, 1.807) is 4.90 Å². The van der Waals surface area contributed by atoms with Gasteiger partial charge in [-0.05, 0) is 36.0 Å². The molecule has 4 rings (SSSR count). The Labute approximate surface area is 241 Å². The summed E-state index contributed by atoms with van der Waals surface area (Å²) in [6, 6.07) is 28.8. The van der Waals surface area contributed by atoms with Gasteiger partial charge in [-0.15, -0.1) is 0 Å². The molecule has 0 saturated heterocycles. The van der Waals surface area contributed by atoms with Crippen LogP contribution in [0.15, 0.2) is 103 Å². The number of nitrogens with one attached hydrogen (secondary N) is 1. The minimum Gasteiger partial charge on any atom is -0.455 e. The molecule has 1 heterocycles. The molecule has 7 heteroatoms. The zero-order valence-electron chi connectivity index (χ0n) is 23.2. The lowest BCUT2D eigenvalue weighted by molar-refractivity contribution is -0.155. The average Bonchev–Trinajstić information content (AvgIpc) is 3.00. The van der Waals surface area contributed by atoms with Crippen LogP contribution in [-0.4, -0.2) is 47.5 Å². The standard InChI is InChI=1S/C34H38N2O5/c37-21-20-36(25-27-14-6-2-7-15-27)32(38)23-29-18-10-11-19-30(22-26-12-4-1-5-13-26)34(40)41-31(24-35-33(29)39)28-16-8-3-9-17-28/h1-17,29-31,37H,18-25H2,(H,35,39)/t29-,30-,31-/m1/s1. The van der Waals surface area contributed by atoms with Crippen LogP contribution in [-0.2, 0) is 32.1 Å². The first-order valence-electron chi connectivity index (χ1n) is 14.2. The van der Waals surface area contributed by atoms with E-state index in [1.807, 2.05) is 103 Å². The molecule has 0 aromatic heterocycles. The van der Waals surface area contributed by atoms with Crippen LogP contribution in [0.25, 0.3) is 0 Å². The Hall–Kier alpha value is -4.23. The maximum atomic E-state index is 13.4. The Balaban J connectivity index is 1.53. The van der Waals surface area contributed by atoms with Gasteiger partial charge in [-0.2, -0.15) is 0 Å². The first-order chi connectivity index (χ1) is 20.0. The maximum absolute atomic E-state index is 13.4. The van der Waals surface area contributed by atoms with E-state index >= 15 is 0 Å². The Morgan fingerprint density at radius 1 is 0.829 bits per heavy atom. The molecule has 0 saturated carbocycles. The lowest BCUT2D eigenvalue weighted by atomic mass is 9.94. The van der Waals surface area contributed by atoms with Gasteiger partial charge in [-0.3, -0.25) is 14.4 Å². The molecule has 0 aliphatic carbocycles. The highest BCUT2D eigenvalue weighted by Gasteiger charge is 2.28. The van der Waals surface area contributed by atoms with Crippen molar-refractivity contribution in [1.82, 2.24) is 10.2 Å². The summed E-state index contributed by atoms with van der Waals surface area (Å²) >= 11 is 0. The first kappa shape index (κ1) is 29.7. The topological polar surface area (TPSA) is 95.9 Å². The quantitative estimate of drug-likeness (QED) is 0.297. The van der Waals surface area contributed by atoms with Gasteiger partial charge in [0.1, 0.15) is 6.10 Å². The van der Waals surface area contributed by atoms with E-state index < -0.39 is 12.0 Å². The molecule has 1 aliphatic rings. The lowest BCUT2D eigenvalue weighted by Crippen LogP contribution is -2.40. The normalized spacial score (nSPS) is 19.8. The van der Waals surface area contributed by atoms with Crippen LogP contribution >= 0.6 is 0 Å². The van der Waals surface area contributed by atoms with Crippen molar-refractivity contribution in [2.24, 2.45) is 11.8 Å². The number of hydrogen-bond acceptors (Lipinski definition) is 5. The van der Waals surface area contributed by atoms with Gasteiger partial charge < -0.3 is 20.1 Å². The molecular formula is C34H38N2O5. The van der Waals surface area contributed by atoms with E-state index in [0.717, 1.165) is 16.7 Å². The van der Waals surface area contributed by atoms with Gasteiger partial charge >= 0.3 is 5.97 Å². The van der Waals surface area contributed by atoms with E-state index in [9.17, 15) is 19.5 Å². The molecule has 214 valence electrons. The highest BCUT2D eigenvalue weighted by atomic mass is 16.5. The summed E-state index contributed by atoms with van der Waals surface area (Å²) in [4.78, 5) is 41.7. The van der Waals surface area contributed by atoms with Gasteiger partial charge in [-0.25, -0.2) is 0 Å². The number of cyclic esters (lactones) is 1. The number of aliphatic hydroxyl groups is 1. The van der Waals surface area contributed by atoms with Crippen molar-refractivity contribution >= 4 is 17.8 Å². The van der Waals surface area contributed by atoms with Crippen LogP contribution in [0.5, 0.6) is 0 Å². The van der Waals surface area contributed by atoms with Crippen molar-refractivity contribution in [2.75, 3.05) is 19.7 Å². The average molecular weight is 555 g/mol. The van der Waals surface area contributed by atoms with E-state index in [2.05, 4.69) is 5.32 Å².